The second-order valence-electron chi connectivity index (χ2n) is 2.32. The molecule has 1 unspecified atom stereocenters. The average molecular weight is 180 g/mol. The lowest BCUT2D eigenvalue weighted by Crippen LogP contribution is -2.39. The van der Waals surface area contributed by atoms with Crippen molar-refractivity contribution in [3.63, 3.8) is 0 Å². The minimum Gasteiger partial charge on any atom is -0.283 e. The standard InChI is InChI=1S/C6H16N2S2/c1-4-7(2)6(10)8(3)5-9/h6,9-10H,4-5H2,1-3H3. The molecule has 2 nitrogen and oxygen atoms in total. The molecular weight excluding hydrogens is 164 g/mol. The van der Waals surface area contributed by atoms with Crippen LogP contribution in [0.25, 0.3) is 0 Å². The zero-order valence-corrected chi connectivity index (χ0v) is 8.57. The summed E-state index contributed by atoms with van der Waals surface area (Å²) in [5.41, 5.74) is 0.183. The fourth-order valence-electron chi connectivity index (χ4n) is 0.573. The van der Waals surface area contributed by atoms with E-state index in [-0.39, 0.29) is 5.50 Å². The quantitative estimate of drug-likeness (QED) is 0.492. The lowest BCUT2D eigenvalue weighted by Gasteiger charge is -2.29. The Hall–Kier alpha value is 0.620. The van der Waals surface area contributed by atoms with Gasteiger partial charge in [-0.3, -0.25) is 9.80 Å². The molecule has 0 saturated heterocycles. The zero-order chi connectivity index (χ0) is 8.15. The van der Waals surface area contributed by atoms with E-state index in [0.717, 1.165) is 12.4 Å². The Morgan fingerprint density at radius 2 is 1.80 bits per heavy atom. The minimum atomic E-state index is 0.183. The van der Waals surface area contributed by atoms with Gasteiger partial charge in [0.2, 0.25) is 0 Å². The van der Waals surface area contributed by atoms with Crippen molar-refractivity contribution >= 4 is 25.3 Å². The predicted molar refractivity (Wildman–Crippen MR) is 52.7 cm³/mol. The Morgan fingerprint density at radius 1 is 1.30 bits per heavy atom. The second-order valence-corrected chi connectivity index (χ2v) is 3.06. The summed E-state index contributed by atoms with van der Waals surface area (Å²) in [5.74, 6) is 0.735. The van der Waals surface area contributed by atoms with E-state index >= 15 is 0 Å². The summed E-state index contributed by atoms with van der Waals surface area (Å²) in [6, 6.07) is 0. The van der Waals surface area contributed by atoms with E-state index < -0.39 is 0 Å². The van der Waals surface area contributed by atoms with Gasteiger partial charge in [-0.2, -0.15) is 12.6 Å². The fourth-order valence-corrected chi connectivity index (χ4v) is 1.10. The van der Waals surface area contributed by atoms with E-state index in [1.165, 1.54) is 0 Å². The van der Waals surface area contributed by atoms with Gasteiger partial charge in [0.15, 0.2) is 0 Å². The summed E-state index contributed by atoms with van der Waals surface area (Å²) in [6.07, 6.45) is 0. The third-order valence-electron chi connectivity index (χ3n) is 1.51. The van der Waals surface area contributed by atoms with Gasteiger partial charge in [0.05, 0.1) is 0 Å². The van der Waals surface area contributed by atoms with Gasteiger partial charge in [-0.05, 0) is 20.6 Å². The van der Waals surface area contributed by atoms with Gasteiger partial charge in [0.25, 0.3) is 0 Å². The normalized spacial score (nSPS) is 14.7. The van der Waals surface area contributed by atoms with Gasteiger partial charge in [0.1, 0.15) is 5.50 Å². The Balaban J connectivity index is 3.69. The van der Waals surface area contributed by atoms with Gasteiger partial charge in [-0.25, -0.2) is 0 Å². The molecule has 0 bridgehead atoms. The van der Waals surface area contributed by atoms with Crippen molar-refractivity contribution in [1.29, 1.82) is 0 Å². The first kappa shape index (κ1) is 10.6. The van der Waals surface area contributed by atoms with E-state index in [9.17, 15) is 0 Å². The molecule has 0 aliphatic rings. The Kier molecular flexibility index (Phi) is 5.62. The van der Waals surface area contributed by atoms with Crippen molar-refractivity contribution < 1.29 is 0 Å². The van der Waals surface area contributed by atoms with Crippen molar-refractivity contribution in [1.82, 2.24) is 9.80 Å². The third kappa shape index (κ3) is 3.14. The largest absolute Gasteiger partial charge is 0.283 e. The molecule has 0 aromatic carbocycles. The SMILES string of the molecule is CCN(C)C(S)N(C)CS. The summed E-state index contributed by atoms with van der Waals surface area (Å²) >= 11 is 8.52. The van der Waals surface area contributed by atoms with E-state index in [4.69, 9.17) is 0 Å². The lowest BCUT2D eigenvalue weighted by molar-refractivity contribution is 0.183. The molecule has 0 aromatic rings. The molecule has 4 heteroatoms. The molecule has 10 heavy (non-hydrogen) atoms. The van der Waals surface area contributed by atoms with Gasteiger partial charge in [-0.15, -0.1) is 12.6 Å². The van der Waals surface area contributed by atoms with Gasteiger partial charge in [-0.1, -0.05) is 6.92 Å². The Bertz CT molecular complexity index is 79.8. The van der Waals surface area contributed by atoms with Crippen molar-refractivity contribution in [2.24, 2.45) is 0 Å². The molecule has 0 aromatic heterocycles. The van der Waals surface area contributed by atoms with Crippen molar-refractivity contribution in [3.8, 4) is 0 Å². The van der Waals surface area contributed by atoms with E-state index in [1.54, 1.807) is 0 Å². The minimum absolute atomic E-state index is 0.183. The number of rotatable bonds is 4. The van der Waals surface area contributed by atoms with E-state index in [2.05, 4.69) is 42.0 Å². The number of thiol groups is 2. The molecule has 0 radical (unpaired) electrons. The number of hydrogen-bond acceptors (Lipinski definition) is 4. The van der Waals surface area contributed by atoms with Gasteiger partial charge >= 0.3 is 0 Å². The smallest absolute Gasteiger partial charge is 0.108 e. The summed E-state index contributed by atoms with van der Waals surface area (Å²) in [6.45, 7) is 3.11. The second kappa shape index (κ2) is 5.29. The molecular formula is C6H16N2S2. The molecule has 0 spiro atoms. The monoisotopic (exact) mass is 180 g/mol. The molecule has 0 aliphatic heterocycles. The molecule has 1 atom stereocenters. The summed E-state index contributed by atoms with van der Waals surface area (Å²) < 4.78 is 0. The van der Waals surface area contributed by atoms with Crippen LogP contribution < -0.4 is 0 Å². The molecule has 0 rings (SSSR count). The van der Waals surface area contributed by atoms with Crippen LogP contribution in [0.5, 0.6) is 0 Å². The van der Waals surface area contributed by atoms with E-state index in [1.807, 2.05) is 14.1 Å². The molecule has 0 aliphatic carbocycles. The Morgan fingerprint density at radius 3 is 2.10 bits per heavy atom. The molecule has 0 saturated carbocycles. The predicted octanol–water partition coefficient (Wildman–Crippen LogP) is 0.971. The van der Waals surface area contributed by atoms with Crippen molar-refractivity contribution in [2.75, 3.05) is 26.5 Å². The highest BCUT2D eigenvalue weighted by atomic mass is 32.1. The average Bonchev–Trinajstić information content (AvgIpc) is 2.00. The molecule has 0 amide bonds. The molecule has 0 N–H and O–H groups in total. The summed E-state index contributed by atoms with van der Waals surface area (Å²) in [4.78, 5) is 4.19. The highest BCUT2D eigenvalue weighted by Gasteiger charge is 2.11. The van der Waals surface area contributed by atoms with Crippen LogP contribution >= 0.6 is 25.3 Å². The number of nitrogens with zero attached hydrogens (tertiary/aromatic N) is 2. The van der Waals surface area contributed by atoms with Crippen LogP contribution in [0.15, 0.2) is 0 Å². The topological polar surface area (TPSA) is 6.48 Å². The van der Waals surface area contributed by atoms with Crippen LogP contribution in [-0.4, -0.2) is 41.8 Å². The van der Waals surface area contributed by atoms with Crippen LogP contribution in [0.4, 0.5) is 0 Å². The maximum absolute atomic E-state index is 4.38. The highest BCUT2D eigenvalue weighted by Crippen LogP contribution is 2.05. The van der Waals surface area contributed by atoms with Crippen LogP contribution in [0.1, 0.15) is 6.92 Å². The van der Waals surface area contributed by atoms with Crippen LogP contribution in [-0.2, 0) is 0 Å². The fraction of sp³-hybridized carbons (Fsp3) is 1.00. The summed E-state index contributed by atoms with van der Waals surface area (Å²) in [7, 11) is 4.04. The van der Waals surface area contributed by atoms with Gasteiger partial charge < -0.3 is 0 Å². The maximum Gasteiger partial charge on any atom is 0.108 e. The maximum atomic E-state index is 4.38. The lowest BCUT2D eigenvalue weighted by atomic mass is 10.6. The van der Waals surface area contributed by atoms with Crippen molar-refractivity contribution in [2.45, 2.75) is 12.4 Å². The first-order chi connectivity index (χ1) is 4.63. The zero-order valence-electron chi connectivity index (χ0n) is 6.78. The molecule has 0 fully saturated rings. The highest BCUT2D eigenvalue weighted by molar-refractivity contribution is 7.81. The van der Waals surface area contributed by atoms with Crippen molar-refractivity contribution in [3.05, 3.63) is 0 Å². The molecule has 62 valence electrons. The molecule has 0 heterocycles. The number of hydrogen-bond donors (Lipinski definition) is 2. The van der Waals surface area contributed by atoms with Crippen LogP contribution in [0.2, 0.25) is 0 Å². The Labute approximate surface area is 74.4 Å². The van der Waals surface area contributed by atoms with E-state index in [0.29, 0.717) is 0 Å². The van der Waals surface area contributed by atoms with Gasteiger partial charge in [0, 0.05) is 5.88 Å². The third-order valence-corrected chi connectivity index (χ3v) is 2.74. The first-order valence-corrected chi connectivity index (χ1v) is 4.47. The summed E-state index contributed by atoms with van der Waals surface area (Å²) in [5, 5.41) is 0. The van der Waals surface area contributed by atoms with Crippen LogP contribution in [0, 0.1) is 0 Å². The van der Waals surface area contributed by atoms with Crippen LogP contribution in [0.3, 0.4) is 0 Å². The first-order valence-electron chi connectivity index (χ1n) is 3.32.